The Labute approximate surface area is 107 Å². The van der Waals surface area contributed by atoms with E-state index in [0.29, 0.717) is 5.69 Å². The summed E-state index contributed by atoms with van der Waals surface area (Å²) in [6.45, 7) is 8.21. The minimum Gasteiger partial charge on any atom is -0.216 e. The fourth-order valence-electron chi connectivity index (χ4n) is 2.03. The molecule has 1 aromatic carbocycles. The van der Waals surface area contributed by atoms with Crippen molar-refractivity contribution in [1.82, 2.24) is 15.0 Å². The van der Waals surface area contributed by atoms with Crippen LogP contribution in [0.15, 0.2) is 18.2 Å². The van der Waals surface area contributed by atoms with E-state index >= 15 is 0 Å². The first-order valence-electron chi connectivity index (χ1n) is 5.98. The quantitative estimate of drug-likeness (QED) is 0.811. The third kappa shape index (κ3) is 1.88. The molecule has 0 aliphatic rings. The second kappa shape index (κ2) is 4.61. The van der Waals surface area contributed by atoms with Gasteiger partial charge in [-0.25, -0.2) is 4.68 Å². The van der Waals surface area contributed by atoms with Crippen LogP contribution in [0.4, 0.5) is 0 Å². The molecular formula is C14H16N4. The molecule has 0 aliphatic heterocycles. The molecule has 0 saturated carbocycles. The van der Waals surface area contributed by atoms with Crippen LogP contribution in [0, 0.1) is 25.2 Å². The zero-order valence-corrected chi connectivity index (χ0v) is 11.1. The molecule has 0 N–H and O–H groups in total. The van der Waals surface area contributed by atoms with Crippen LogP contribution in [0.2, 0.25) is 0 Å². The first-order chi connectivity index (χ1) is 8.56. The van der Waals surface area contributed by atoms with Gasteiger partial charge in [-0.2, -0.15) is 5.26 Å². The van der Waals surface area contributed by atoms with Gasteiger partial charge in [0, 0.05) is 0 Å². The van der Waals surface area contributed by atoms with Crippen LogP contribution in [-0.2, 0) is 0 Å². The number of aromatic nitrogens is 3. The van der Waals surface area contributed by atoms with Gasteiger partial charge in [0.15, 0.2) is 5.69 Å². The van der Waals surface area contributed by atoms with Gasteiger partial charge in [0.1, 0.15) is 6.07 Å². The predicted octanol–water partition coefficient (Wildman–Crippen LogP) is 2.88. The summed E-state index contributed by atoms with van der Waals surface area (Å²) in [5.41, 5.74) is 4.63. The van der Waals surface area contributed by atoms with Gasteiger partial charge in [0.05, 0.1) is 11.4 Å². The second-order valence-electron chi connectivity index (χ2n) is 4.72. The Bertz CT molecular complexity index is 617. The molecule has 0 spiro atoms. The summed E-state index contributed by atoms with van der Waals surface area (Å²) in [5, 5.41) is 17.2. The van der Waals surface area contributed by atoms with Crippen LogP contribution in [0.3, 0.4) is 0 Å². The van der Waals surface area contributed by atoms with Gasteiger partial charge in [0.2, 0.25) is 0 Å². The maximum absolute atomic E-state index is 9.09. The average Bonchev–Trinajstić information content (AvgIpc) is 2.76. The lowest BCUT2D eigenvalue weighted by molar-refractivity contribution is 0.712. The van der Waals surface area contributed by atoms with E-state index in [1.807, 2.05) is 26.0 Å². The first kappa shape index (κ1) is 12.3. The molecule has 1 heterocycles. The lowest BCUT2D eigenvalue weighted by atomic mass is 10.1. The van der Waals surface area contributed by atoms with E-state index < -0.39 is 0 Å². The van der Waals surface area contributed by atoms with E-state index in [1.54, 1.807) is 4.68 Å². The third-order valence-electron chi connectivity index (χ3n) is 3.16. The normalized spacial score (nSPS) is 10.7. The van der Waals surface area contributed by atoms with Gasteiger partial charge < -0.3 is 0 Å². The molecule has 0 radical (unpaired) electrons. The monoisotopic (exact) mass is 240 g/mol. The standard InChI is InChI=1S/C14H16N4/c1-9(2)14-12(8-15)16-17-18(14)13-7-5-6-10(3)11(13)4/h5-7,9H,1-4H3. The van der Waals surface area contributed by atoms with Crippen LogP contribution >= 0.6 is 0 Å². The van der Waals surface area contributed by atoms with Crippen LogP contribution in [-0.4, -0.2) is 15.0 Å². The molecule has 2 aromatic rings. The highest BCUT2D eigenvalue weighted by atomic mass is 15.4. The fourth-order valence-corrected chi connectivity index (χ4v) is 2.03. The molecule has 0 atom stereocenters. The van der Waals surface area contributed by atoms with Crippen LogP contribution in [0.5, 0.6) is 0 Å². The highest BCUT2D eigenvalue weighted by Gasteiger charge is 2.18. The number of hydrogen-bond donors (Lipinski definition) is 0. The van der Waals surface area contributed by atoms with Crippen molar-refractivity contribution in [3.63, 3.8) is 0 Å². The summed E-state index contributed by atoms with van der Waals surface area (Å²) in [6, 6.07) is 8.17. The molecule has 92 valence electrons. The predicted molar refractivity (Wildman–Crippen MR) is 69.6 cm³/mol. The molecular weight excluding hydrogens is 224 g/mol. The molecule has 0 bridgehead atoms. The smallest absolute Gasteiger partial charge is 0.186 e. The molecule has 4 nitrogen and oxygen atoms in total. The molecule has 4 heteroatoms. The number of aryl methyl sites for hydroxylation is 1. The maximum atomic E-state index is 9.09. The van der Waals surface area contributed by atoms with Gasteiger partial charge >= 0.3 is 0 Å². The maximum Gasteiger partial charge on any atom is 0.186 e. The summed E-state index contributed by atoms with van der Waals surface area (Å²) >= 11 is 0. The highest BCUT2D eigenvalue weighted by Crippen LogP contribution is 2.24. The van der Waals surface area contributed by atoms with Gasteiger partial charge in [0.25, 0.3) is 0 Å². The second-order valence-corrected chi connectivity index (χ2v) is 4.72. The first-order valence-corrected chi connectivity index (χ1v) is 5.98. The van der Waals surface area contributed by atoms with Crippen molar-refractivity contribution in [3.8, 4) is 11.8 Å². The molecule has 2 rings (SSSR count). The zero-order valence-electron chi connectivity index (χ0n) is 11.1. The Morgan fingerprint density at radius 2 is 2.00 bits per heavy atom. The molecule has 0 aliphatic carbocycles. The Morgan fingerprint density at radius 3 is 2.61 bits per heavy atom. The third-order valence-corrected chi connectivity index (χ3v) is 3.16. The minimum absolute atomic E-state index is 0.203. The summed E-state index contributed by atoms with van der Waals surface area (Å²) in [4.78, 5) is 0. The summed E-state index contributed by atoms with van der Waals surface area (Å²) < 4.78 is 1.78. The van der Waals surface area contributed by atoms with E-state index in [4.69, 9.17) is 5.26 Å². The topological polar surface area (TPSA) is 54.5 Å². The molecule has 1 aromatic heterocycles. The zero-order chi connectivity index (χ0) is 13.3. The van der Waals surface area contributed by atoms with E-state index in [0.717, 1.165) is 16.9 Å². The Morgan fingerprint density at radius 1 is 1.28 bits per heavy atom. The van der Waals surface area contributed by atoms with Crippen LogP contribution in [0.1, 0.15) is 42.3 Å². The van der Waals surface area contributed by atoms with Crippen molar-refractivity contribution in [3.05, 3.63) is 40.7 Å². The molecule has 0 amide bonds. The Balaban J connectivity index is 2.69. The summed E-state index contributed by atoms with van der Waals surface area (Å²) in [7, 11) is 0. The van der Waals surface area contributed by atoms with Gasteiger partial charge in [-0.3, -0.25) is 0 Å². The van der Waals surface area contributed by atoms with E-state index in [2.05, 4.69) is 36.3 Å². The molecule has 0 fully saturated rings. The van der Waals surface area contributed by atoms with Crippen molar-refractivity contribution in [2.45, 2.75) is 33.6 Å². The Hall–Kier alpha value is -2.15. The van der Waals surface area contributed by atoms with E-state index in [9.17, 15) is 0 Å². The molecule has 18 heavy (non-hydrogen) atoms. The lowest BCUT2D eigenvalue weighted by Crippen LogP contribution is -2.07. The fraction of sp³-hybridized carbons (Fsp3) is 0.357. The summed E-state index contributed by atoms with van der Waals surface area (Å²) in [5.74, 6) is 0.203. The largest absolute Gasteiger partial charge is 0.216 e. The van der Waals surface area contributed by atoms with Crippen molar-refractivity contribution < 1.29 is 0 Å². The minimum atomic E-state index is 0.203. The number of nitrogens with zero attached hydrogens (tertiary/aromatic N) is 4. The van der Waals surface area contributed by atoms with Gasteiger partial charge in [-0.1, -0.05) is 31.2 Å². The average molecular weight is 240 g/mol. The van der Waals surface area contributed by atoms with Crippen molar-refractivity contribution >= 4 is 0 Å². The highest BCUT2D eigenvalue weighted by molar-refractivity contribution is 5.46. The number of nitriles is 1. The Kier molecular flexibility index (Phi) is 3.15. The van der Waals surface area contributed by atoms with E-state index in [1.165, 1.54) is 5.56 Å². The van der Waals surface area contributed by atoms with Crippen LogP contribution < -0.4 is 0 Å². The number of hydrogen-bond acceptors (Lipinski definition) is 3. The van der Waals surface area contributed by atoms with Gasteiger partial charge in [-0.05, 0) is 37.0 Å². The SMILES string of the molecule is Cc1cccc(-n2nnc(C#N)c2C(C)C)c1C. The van der Waals surface area contributed by atoms with E-state index in [-0.39, 0.29) is 5.92 Å². The number of rotatable bonds is 2. The van der Waals surface area contributed by atoms with Gasteiger partial charge in [-0.15, -0.1) is 5.10 Å². The number of benzene rings is 1. The van der Waals surface area contributed by atoms with Crippen molar-refractivity contribution in [2.75, 3.05) is 0 Å². The molecule has 0 saturated heterocycles. The summed E-state index contributed by atoms with van der Waals surface area (Å²) in [6.07, 6.45) is 0. The van der Waals surface area contributed by atoms with Crippen molar-refractivity contribution in [2.24, 2.45) is 0 Å². The van der Waals surface area contributed by atoms with Crippen molar-refractivity contribution in [1.29, 1.82) is 5.26 Å². The van der Waals surface area contributed by atoms with Crippen LogP contribution in [0.25, 0.3) is 5.69 Å². The lowest BCUT2D eigenvalue weighted by Gasteiger charge is -2.12. The molecule has 0 unspecified atom stereocenters.